The highest BCUT2D eigenvalue weighted by Crippen LogP contribution is 2.18. The van der Waals surface area contributed by atoms with Crippen molar-refractivity contribution in [2.24, 2.45) is 21.8 Å². The summed E-state index contributed by atoms with van der Waals surface area (Å²) in [6, 6.07) is 0. The second-order valence-electron chi connectivity index (χ2n) is 4.05. The largest absolute Gasteiger partial charge is 0.231 e. The molecule has 0 aromatic heterocycles. The Morgan fingerprint density at radius 1 is 1.25 bits per heavy atom. The van der Waals surface area contributed by atoms with Crippen LogP contribution >= 0.6 is 11.6 Å². The third kappa shape index (κ3) is 6.06. The molecule has 1 atom stereocenters. The van der Waals surface area contributed by atoms with Gasteiger partial charge in [-0.3, -0.25) is 0 Å². The first-order chi connectivity index (χ1) is 7.54. The molecule has 0 amide bonds. The van der Waals surface area contributed by atoms with E-state index in [9.17, 15) is 0 Å². The van der Waals surface area contributed by atoms with Crippen LogP contribution in [0.5, 0.6) is 0 Å². The standard InChI is InChI=1S/C13H23ClN2/c1-6-10(4)9-15-13(14)16-11(5)12(7-2)8-3/h9-10,12H,5-8H2,1-4H3/b15-9-,16-13?. The molecule has 0 rings (SSSR count). The van der Waals surface area contributed by atoms with Gasteiger partial charge in [0.2, 0.25) is 5.29 Å². The maximum Gasteiger partial charge on any atom is 0.222 e. The SMILES string of the molecule is C=C(N=C(Cl)/N=C\C(C)CC)C(CC)CC. The van der Waals surface area contributed by atoms with Crippen LogP contribution in [0.15, 0.2) is 22.3 Å². The van der Waals surface area contributed by atoms with E-state index in [4.69, 9.17) is 11.6 Å². The van der Waals surface area contributed by atoms with Crippen LogP contribution in [0.4, 0.5) is 0 Å². The summed E-state index contributed by atoms with van der Waals surface area (Å²) in [5, 5.41) is 0.289. The molecule has 0 fully saturated rings. The first-order valence-electron chi connectivity index (χ1n) is 6.02. The second-order valence-corrected chi connectivity index (χ2v) is 4.39. The van der Waals surface area contributed by atoms with E-state index in [-0.39, 0.29) is 5.29 Å². The summed E-state index contributed by atoms with van der Waals surface area (Å²) < 4.78 is 0. The van der Waals surface area contributed by atoms with Crippen LogP contribution in [0, 0.1) is 11.8 Å². The Hall–Kier alpha value is -0.630. The first kappa shape index (κ1) is 15.4. The van der Waals surface area contributed by atoms with Crippen molar-refractivity contribution in [2.45, 2.75) is 47.0 Å². The van der Waals surface area contributed by atoms with E-state index in [0.717, 1.165) is 25.0 Å². The first-order valence-corrected chi connectivity index (χ1v) is 6.39. The number of amidine groups is 1. The molecule has 0 saturated carbocycles. The Kier molecular flexibility index (Phi) is 8.18. The minimum absolute atomic E-state index is 0.289. The van der Waals surface area contributed by atoms with Crippen molar-refractivity contribution in [3.8, 4) is 0 Å². The molecule has 0 aliphatic heterocycles. The molecular formula is C13H23ClN2. The predicted octanol–water partition coefficient (Wildman–Crippen LogP) is 4.65. The van der Waals surface area contributed by atoms with E-state index < -0.39 is 0 Å². The van der Waals surface area contributed by atoms with Gasteiger partial charge in [-0.1, -0.05) is 34.3 Å². The number of allylic oxidation sites excluding steroid dienone is 1. The van der Waals surface area contributed by atoms with E-state index in [2.05, 4.69) is 44.3 Å². The third-order valence-electron chi connectivity index (χ3n) is 2.77. The van der Waals surface area contributed by atoms with Crippen molar-refractivity contribution >= 4 is 23.1 Å². The third-order valence-corrected chi connectivity index (χ3v) is 2.95. The van der Waals surface area contributed by atoms with Gasteiger partial charge in [0.15, 0.2) is 0 Å². The van der Waals surface area contributed by atoms with E-state index >= 15 is 0 Å². The van der Waals surface area contributed by atoms with Gasteiger partial charge in [0.25, 0.3) is 0 Å². The van der Waals surface area contributed by atoms with E-state index in [1.165, 1.54) is 0 Å². The smallest absolute Gasteiger partial charge is 0.222 e. The number of hydrogen-bond donors (Lipinski definition) is 0. The van der Waals surface area contributed by atoms with Crippen molar-refractivity contribution in [1.82, 2.24) is 0 Å². The molecule has 1 unspecified atom stereocenters. The molecule has 92 valence electrons. The lowest BCUT2D eigenvalue weighted by Crippen LogP contribution is -2.00. The Morgan fingerprint density at radius 3 is 2.25 bits per heavy atom. The van der Waals surface area contributed by atoms with Crippen molar-refractivity contribution in [2.75, 3.05) is 0 Å². The topological polar surface area (TPSA) is 24.7 Å². The van der Waals surface area contributed by atoms with E-state index in [0.29, 0.717) is 11.8 Å². The molecule has 0 saturated heterocycles. The average molecular weight is 243 g/mol. The summed E-state index contributed by atoms with van der Waals surface area (Å²) in [5.74, 6) is 0.845. The number of nitrogens with zero attached hydrogens (tertiary/aromatic N) is 2. The van der Waals surface area contributed by atoms with Gasteiger partial charge in [-0.15, -0.1) is 0 Å². The molecule has 0 heterocycles. The highest BCUT2D eigenvalue weighted by atomic mass is 35.5. The van der Waals surface area contributed by atoms with E-state index in [1.807, 2.05) is 6.21 Å². The quantitative estimate of drug-likeness (QED) is 0.368. The van der Waals surface area contributed by atoms with Crippen molar-refractivity contribution in [3.05, 3.63) is 12.3 Å². The van der Waals surface area contributed by atoms with Crippen molar-refractivity contribution in [1.29, 1.82) is 0 Å². The number of halogens is 1. The second kappa shape index (κ2) is 8.51. The fraction of sp³-hybridized carbons (Fsp3) is 0.692. The zero-order chi connectivity index (χ0) is 12.6. The van der Waals surface area contributed by atoms with Gasteiger partial charge in [0.05, 0.1) is 0 Å². The lowest BCUT2D eigenvalue weighted by Gasteiger charge is -2.10. The van der Waals surface area contributed by atoms with Crippen molar-refractivity contribution < 1.29 is 0 Å². The normalized spacial score (nSPS) is 14.8. The van der Waals surface area contributed by atoms with Gasteiger partial charge < -0.3 is 0 Å². The summed E-state index contributed by atoms with van der Waals surface area (Å²) >= 11 is 5.93. The van der Waals surface area contributed by atoms with Crippen LogP contribution < -0.4 is 0 Å². The molecule has 0 aromatic rings. The fourth-order valence-electron chi connectivity index (χ4n) is 1.29. The zero-order valence-corrected chi connectivity index (χ0v) is 11.6. The molecule has 2 nitrogen and oxygen atoms in total. The van der Waals surface area contributed by atoms with Crippen LogP contribution in [0.3, 0.4) is 0 Å². The minimum Gasteiger partial charge on any atom is -0.231 e. The van der Waals surface area contributed by atoms with Gasteiger partial charge in [-0.05, 0) is 36.8 Å². The molecule has 16 heavy (non-hydrogen) atoms. The van der Waals surface area contributed by atoms with Crippen molar-refractivity contribution in [3.63, 3.8) is 0 Å². The lowest BCUT2D eigenvalue weighted by molar-refractivity contribution is 0.569. The van der Waals surface area contributed by atoms with Gasteiger partial charge in [-0.25, -0.2) is 9.98 Å². The number of hydrogen-bond acceptors (Lipinski definition) is 1. The summed E-state index contributed by atoms with van der Waals surface area (Å²) in [6.45, 7) is 12.4. The highest BCUT2D eigenvalue weighted by Gasteiger charge is 2.07. The van der Waals surface area contributed by atoms with E-state index in [1.54, 1.807) is 0 Å². The molecule has 3 heteroatoms. The Morgan fingerprint density at radius 2 is 1.81 bits per heavy atom. The molecule has 0 N–H and O–H groups in total. The molecule has 0 aliphatic rings. The summed E-state index contributed by atoms with van der Waals surface area (Å²) in [4.78, 5) is 8.33. The maximum atomic E-state index is 5.93. The molecule has 0 aliphatic carbocycles. The summed E-state index contributed by atoms with van der Waals surface area (Å²) in [6.07, 6.45) is 4.98. The lowest BCUT2D eigenvalue weighted by atomic mass is 10.0. The van der Waals surface area contributed by atoms with Crippen LogP contribution in [-0.2, 0) is 0 Å². The van der Waals surface area contributed by atoms with Gasteiger partial charge in [-0.2, -0.15) is 0 Å². The fourth-order valence-corrected chi connectivity index (χ4v) is 1.46. The predicted molar refractivity (Wildman–Crippen MR) is 74.4 cm³/mol. The van der Waals surface area contributed by atoms with Gasteiger partial charge in [0, 0.05) is 17.8 Å². The average Bonchev–Trinajstić information content (AvgIpc) is 2.27. The Bertz CT molecular complexity index is 265. The summed E-state index contributed by atoms with van der Waals surface area (Å²) in [5.41, 5.74) is 0.830. The Balaban J connectivity index is 4.41. The summed E-state index contributed by atoms with van der Waals surface area (Å²) in [7, 11) is 0. The van der Waals surface area contributed by atoms with Crippen LogP contribution in [0.1, 0.15) is 47.0 Å². The molecule has 0 spiro atoms. The van der Waals surface area contributed by atoms with Gasteiger partial charge >= 0.3 is 0 Å². The van der Waals surface area contributed by atoms with Crippen LogP contribution in [0.2, 0.25) is 0 Å². The molecule has 0 radical (unpaired) electrons. The van der Waals surface area contributed by atoms with Crippen LogP contribution in [0.25, 0.3) is 0 Å². The number of aliphatic imine (C=N–C) groups is 2. The molecule has 0 aromatic carbocycles. The maximum absolute atomic E-state index is 5.93. The zero-order valence-electron chi connectivity index (χ0n) is 10.8. The molecule has 0 bridgehead atoms. The molecular weight excluding hydrogens is 220 g/mol. The highest BCUT2D eigenvalue weighted by molar-refractivity contribution is 6.65. The monoisotopic (exact) mass is 242 g/mol. The van der Waals surface area contributed by atoms with Gasteiger partial charge in [0.1, 0.15) is 0 Å². The van der Waals surface area contributed by atoms with Crippen LogP contribution in [-0.4, -0.2) is 11.5 Å². The number of rotatable bonds is 6. The Labute approximate surface area is 105 Å². The minimum atomic E-state index is 0.289.